The van der Waals surface area contributed by atoms with Crippen molar-refractivity contribution < 1.29 is 14.3 Å². The van der Waals surface area contributed by atoms with Crippen LogP contribution < -0.4 is 9.47 Å². The Kier molecular flexibility index (Phi) is 5.36. The monoisotopic (exact) mass is 308 g/mol. The molecule has 3 heteroatoms. The molecule has 0 aromatic heterocycles. The Bertz CT molecular complexity index is 757. The molecule has 0 heterocycles. The number of aryl methyl sites for hydroxylation is 1. The van der Waals surface area contributed by atoms with Crippen LogP contribution in [0.4, 0.5) is 0 Å². The lowest BCUT2D eigenvalue weighted by Crippen LogP contribution is -2.08. The van der Waals surface area contributed by atoms with E-state index in [0.29, 0.717) is 11.3 Å². The minimum absolute atomic E-state index is 0.374. The number of hydrogen-bond acceptors (Lipinski definition) is 3. The number of carbonyl (C=O) groups excluding carboxylic acids is 1. The van der Waals surface area contributed by atoms with E-state index < -0.39 is 5.97 Å². The van der Waals surface area contributed by atoms with Gasteiger partial charge in [-0.15, -0.1) is 0 Å². The van der Waals surface area contributed by atoms with E-state index in [1.807, 2.05) is 55.5 Å². The van der Waals surface area contributed by atoms with Gasteiger partial charge in [0.2, 0.25) is 0 Å². The van der Waals surface area contributed by atoms with Gasteiger partial charge >= 0.3 is 5.97 Å². The van der Waals surface area contributed by atoms with Gasteiger partial charge in [0.1, 0.15) is 11.5 Å². The average molecular weight is 308 g/mol. The molecule has 2 aromatic carbocycles. The third-order valence-electron chi connectivity index (χ3n) is 3.36. The van der Waals surface area contributed by atoms with E-state index in [1.54, 1.807) is 20.1 Å². The minimum atomic E-state index is -0.420. The van der Waals surface area contributed by atoms with Gasteiger partial charge in [0, 0.05) is 5.57 Å². The van der Waals surface area contributed by atoms with Gasteiger partial charge < -0.3 is 9.47 Å². The second-order valence-corrected chi connectivity index (χ2v) is 5.30. The maximum absolute atomic E-state index is 11.6. The van der Waals surface area contributed by atoms with Crippen molar-refractivity contribution in [2.24, 2.45) is 0 Å². The lowest BCUT2D eigenvalue weighted by molar-refractivity contribution is -0.130. The van der Waals surface area contributed by atoms with E-state index in [-0.39, 0.29) is 0 Å². The molecule has 0 N–H and O–H groups in total. The van der Waals surface area contributed by atoms with Gasteiger partial charge in [0.25, 0.3) is 0 Å². The van der Waals surface area contributed by atoms with Crippen LogP contribution in [0, 0.1) is 6.92 Å². The number of esters is 1. The first kappa shape index (κ1) is 16.6. The number of methoxy groups -OCH3 is 1. The maximum Gasteiger partial charge on any atom is 0.338 e. The lowest BCUT2D eigenvalue weighted by atomic mass is 10.1. The van der Waals surface area contributed by atoms with Crippen molar-refractivity contribution in [2.45, 2.75) is 13.8 Å². The molecule has 0 radical (unpaired) electrons. The van der Waals surface area contributed by atoms with Gasteiger partial charge in [-0.1, -0.05) is 36.9 Å². The predicted molar refractivity (Wildman–Crippen MR) is 93.6 cm³/mol. The van der Waals surface area contributed by atoms with Crippen molar-refractivity contribution in [1.29, 1.82) is 0 Å². The van der Waals surface area contributed by atoms with Crippen LogP contribution in [0.2, 0.25) is 0 Å². The Morgan fingerprint density at radius 3 is 2.57 bits per heavy atom. The predicted octanol–water partition coefficient (Wildman–Crippen LogP) is 4.66. The fourth-order valence-electron chi connectivity index (χ4n) is 1.99. The Morgan fingerprint density at radius 1 is 1.09 bits per heavy atom. The summed E-state index contributed by atoms with van der Waals surface area (Å²) in [4.78, 5) is 11.6. The molecule has 23 heavy (non-hydrogen) atoms. The molecule has 118 valence electrons. The van der Waals surface area contributed by atoms with Crippen LogP contribution >= 0.6 is 0 Å². The first-order valence-electron chi connectivity index (χ1n) is 7.30. The molecule has 0 unspecified atom stereocenters. The largest absolute Gasteiger partial charge is 0.497 e. The summed E-state index contributed by atoms with van der Waals surface area (Å²) in [6.07, 6.45) is 3.98. The highest BCUT2D eigenvalue weighted by atomic mass is 16.5. The summed E-state index contributed by atoms with van der Waals surface area (Å²) in [6.45, 7) is 7.22. The molecule has 0 amide bonds. The fraction of sp³-hybridized carbons (Fsp3) is 0.150. The summed E-state index contributed by atoms with van der Waals surface area (Å²) in [5, 5.41) is 0. The number of carbonyl (C=O) groups is 1. The summed E-state index contributed by atoms with van der Waals surface area (Å²) >= 11 is 0. The first-order valence-corrected chi connectivity index (χ1v) is 7.30. The van der Waals surface area contributed by atoms with E-state index >= 15 is 0 Å². The minimum Gasteiger partial charge on any atom is -0.497 e. The SMILES string of the molecule is C=C(C)C(=O)Oc1ccc(C)c(/C=C\c2cccc(OC)c2)c1. The zero-order valence-corrected chi connectivity index (χ0v) is 13.6. The van der Waals surface area contributed by atoms with Crippen molar-refractivity contribution in [1.82, 2.24) is 0 Å². The summed E-state index contributed by atoms with van der Waals surface area (Å²) in [6, 6.07) is 13.3. The molecule has 0 bridgehead atoms. The molecule has 2 rings (SSSR count). The van der Waals surface area contributed by atoms with Crippen LogP contribution in [0.3, 0.4) is 0 Å². The summed E-state index contributed by atoms with van der Waals surface area (Å²) in [5.41, 5.74) is 3.49. The normalized spacial score (nSPS) is 10.6. The number of benzene rings is 2. The number of ether oxygens (including phenoxy) is 2. The van der Waals surface area contributed by atoms with Crippen LogP contribution in [0.1, 0.15) is 23.6 Å². The first-order chi connectivity index (χ1) is 11.0. The summed E-state index contributed by atoms with van der Waals surface area (Å²) in [5.74, 6) is 0.901. The van der Waals surface area contributed by atoms with Crippen LogP contribution in [0.15, 0.2) is 54.6 Å². The fourth-order valence-corrected chi connectivity index (χ4v) is 1.99. The Hall–Kier alpha value is -2.81. The molecule has 0 saturated carbocycles. The highest BCUT2D eigenvalue weighted by Crippen LogP contribution is 2.21. The Balaban J connectivity index is 2.23. The van der Waals surface area contributed by atoms with Crippen LogP contribution in [0.5, 0.6) is 11.5 Å². The highest BCUT2D eigenvalue weighted by molar-refractivity contribution is 5.89. The molecule has 0 saturated heterocycles. The van der Waals surface area contributed by atoms with Gasteiger partial charge in [0.05, 0.1) is 7.11 Å². The van der Waals surface area contributed by atoms with Crippen LogP contribution in [-0.2, 0) is 4.79 Å². The molecule has 0 aliphatic rings. The van der Waals surface area contributed by atoms with E-state index in [4.69, 9.17) is 9.47 Å². The second kappa shape index (κ2) is 7.45. The van der Waals surface area contributed by atoms with Gasteiger partial charge in [-0.05, 0) is 54.8 Å². The second-order valence-electron chi connectivity index (χ2n) is 5.30. The van der Waals surface area contributed by atoms with E-state index in [2.05, 4.69) is 6.58 Å². The molecule has 0 aliphatic heterocycles. The zero-order chi connectivity index (χ0) is 16.8. The van der Waals surface area contributed by atoms with Crippen molar-refractivity contribution in [3.63, 3.8) is 0 Å². The van der Waals surface area contributed by atoms with Crippen LogP contribution in [0.25, 0.3) is 12.2 Å². The maximum atomic E-state index is 11.6. The highest BCUT2D eigenvalue weighted by Gasteiger charge is 2.06. The van der Waals surface area contributed by atoms with Crippen LogP contribution in [-0.4, -0.2) is 13.1 Å². The van der Waals surface area contributed by atoms with Gasteiger partial charge in [-0.2, -0.15) is 0 Å². The molecule has 0 fully saturated rings. The molecule has 3 nitrogen and oxygen atoms in total. The smallest absolute Gasteiger partial charge is 0.338 e. The molecular weight excluding hydrogens is 288 g/mol. The number of hydrogen-bond donors (Lipinski definition) is 0. The third kappa shape index (κ3) is 4.58. The topological polar surface area (TPSA) is 35.5 Å². The Labute approximate surface area is 136 Å². The van der Waals surface area contributed by atoms with Crippen molar-refractivity contribution in [3.05, 3.63) is 71.3 Å². The van der Waals surface area contributed by atoms with Gasteiger partial charge in [-0.3, -0.25) is 0 Å². The van der Waals surface area contributed by atoms with Crippen molar-refractivity contribution >= 4 is 18.1 Å². The molecule has 2 aromatic rings. The molecule has 0 aliphatic carbocycles. The van der Waals surface area contributed by atoms with E-state index in [0.717, 1.165) is 22.4 Å². The van der Waals surface area contributed by atoms with Gasteiger partial charge in [0.15, 0.2) is 0 Å². The summed E-state index contributed by atoms with van der Waals surface area (Å²) in [7, 11) is 1.65. The lowest BCUT2D eigenvalue weighted by Gasteiger charge is -2.07. The zero-order valence-electron chi connectivity index (χ0n) is 13.6. The average Bonchev–Trinajstić information content (AvgIpc) is 2.55. The van der Waals surface area contributed by atoms with E-state index in [9.17, 15) is 4.79 Å². The third-order valence-corrected chi connectivity index (χ3v) is 3.36. The summed E-state index contributed by atoms with van der Waals surface area (Å²) < 4.78 is 10.5. The molecular formula is C20H20O3. The van der Waals surface area contributed by atoms with Crippen molar-refractivity contribution in [2.75, 3.05) is 7.11 Å². The van der Waals surface area contributed by atoms with Gasteiger partial charge in [-0.25, -0.2) is 4.79 Å². The Morgan fingerprint density at radius 2 is 1.87 bits per heavy atom. The number of rotatable bonds is 5. The van der Waals surface area contributed by atoms with E-state index in [1.165, 1.54) is 0 Å². The molecule has 0 spiro atoms. The quantitative estimate of drug-likeness (QED) is 0.349. The standard InChI is InChI=1S/C20H20O3/c1-14(2)20(21)23-19-11-8-15(3)17(13-19)10-9-16-6-5-7-18(12-16)22-4/h5-13H,1H2,2-4H3/b10-9-. The van der Waals surface area contributed by atoms with Crippen molar-refractivity contribution in [3.8, 4) is 11.5 Å². The molecule has 0 atom stereocenters.